The van der Waals surface area contributed by atoms with E-state index in [4.69, 9.17) is 4.98 Å². The van der Waals surface area contributed by atoms with Gasteiger partial charge < -0.3 is 15.2 Å². The molecule has 1 aliphatic rings. The molecule has 0 spiro atoms. The van der Waals surface area contributed by atoms with Gasteiger partial charge in [0.05, 0.1) is 11.0 Å². The van der Waals surface area contributed by atoms with Crippen LogP contribution < -0.4 is 5.32 Å². The number of imidazole rings is 1. The number of hydrogen-bond acceptors (Lipinski definition) is 2. The molecule has 1 saturated heterocycles. The van der Waals surface area contributed by atoms with Gasteiger partial charge in [-0.3, -0.25) is 0 Å². The number of likely N-dealkylation sites (tertiary alicyclic amines) is 1. The Hall–Kier alpha value is -2.34. The number of nitrogens with zero attached hydrogens (tertiary/aromatic N) is 2. The minimum absolute atomic E-state index is 0.0486. The number of hydrogen-bond donors (Lipinski definition) is 2. The first kappa shape index (κ1) is 17.1. The number of amides is 2. The van der Waals surface area contributed by atoms with Gasteiger partial charge in [-0.15, -0.1) is 0 Å². The number of aromatic nitrogens is 2. The van der Waals surface area contributed by atoms with Gasteiger partial charge >= 0.3 is 6.03 Å². The second-order valence-corrected chi connectivity index (χ2v) is 7.67. The van der Waals surface area contributed by atoms with Crippen molar-refractivity contribution in [1.29, 1.82) is 0 Å². The normalized spacial score (nSPS) is 17.5. The van der Waals surface area contributed by atoms with Crippen LogP contribution in [0.4, 0.5) is 10.5 Å². The smallest absolute Gasteiger partial charge is 0.321 e. The second-order valence-electron chi connectivity index (χ2n) is 6.82. The fourth-order valence-corrected chi connectivity index (χ4v) is 3.72. The van der Waals surface area contributed by atoms with Crippen LogP contribution in [0.25, 0.3) is 11.0 Å². The number of fused-ring (bicyclic) bond motifs is 1. The summed E-state index contributed by atoms with van der Waals surface area (Å²) < 4.78 is 1.04. The number of H-pyrrole nitrogens is 1. The molecular formula is C20H21BrN4O. The van der Waals surface area contributed by atoms with Crippen LogP contribution in [0.5, 0.6) is 0 Å². The molecule has 6 heteroatoms. The summed E-state index contributed by atoms with van der Waals surface area (Å²) in [6.07, 6.45) is 2.02. The van der Waals surface area contributed by atoms with Crippen LogP contribution in [0, 0.1) is 6.92 Å². The molecule has 1 unspecified atom stereocenters. The fourth-order valence-electron chi connectivity index (χ4n) is 3.48. The van der Waals surface area contributed by atoms with Crippen LogP contribution in [0.1, 0.15) is 30.1 Å². The second kappa shape index (κ2) is 7.11. The van der Waals surface area contributed by atoms with Crippen LogP contribution in [-0.2, 0) is 0 Å². The molecule has 0 radical (unpaired) electrons. The van der Waals surface area contributed by atoms with Crippen molar-refractivity contribution in [1.82, 2.24) is 14.9 Å². The number of piperidine rings is 1. The lowest BCUT2D eigenvalue weighted by atomic mass is 9.97. The maximum Gasteiger partial charge on any atom is 0.321 e. The molecule has 26 heavy (non-hydrogen) atoms. The summed E-state index contributed by atoms with van der Waals surface area (Å²) >= 11 is 3.49. The molecule has 0 saturated carbocycles. The van der Waals surface area contributed by atoms with Crippen molar-refractivity contribution in [2.45, 2.75) is 25.7 Å². The lowest BCUT2D eigenvalue weighted by Gasteiger charge is -2.31. The number of rotatable bonds is 2. The summed E-state index contributed by atoms with van der Waals surface area (Å²) in [5.74, 6) is 1.22. The van der Waals surface area contributed by atoms with E-state index in [1.807, 2.05) is 54.3 Å². The highest BCUT2D eigenvalue weighted by Crippen LogP contribution is 2.27. The van der Waals surface area contributed by atoms with Gasteiger partial charge in [0.15, 0.2) is 0 Å². The first-order valence-corrected chi connectivity index (χ1v) is 9.66. The number of aryl methyl sites for hydroxylation is 1. The summed E-state index contributed by atoms with van der Waals surface area (Å²) in [6, 6.07) is 13.8. The van der Waals surface area contributed by atoms with Gasteiger partial charge in [-0.05, 0) is 55.7 Å². The zero-order valence-corrected chi connectivity index (χ0v) is 16.2. The predicted octanol–water partition coefficient (Wildman–Crippen LogP) is 5.05. The quantitative estimate of drug-likeness (QED) is 0.618. The van der Waals surface area contributed by atoms with Crippen molar-refractivity contribution in [2.24, 2.45) is 0 Å². The summed E-state index contributed by atoms with van der Waals surface area (Å²) in [7, 11) is 0. The van der Waals surface area contributed by atoms with Gasteiger partial charge in [-0.2, -0.15) is 0 Å². The Balaban J connectivity index is 1.47. The van der Waals surface area contributed by atoms with Gasteiger partial charge in [0.2, 0.25) is 0 Å². The highest BCUT2D eigenvalue weighted by Gasteiger charge is 2.26. The monoisotopic (exact) mass is 412 g/mol. The van der Waals surface area contributed by atoms with Crippen LogP contribution in [0.15, 0.2) is 46.9 Å². The van der Waals surface area contributed by atoms with Gasteiger partial charge in [0, 0.05) is 29.2 Å². The van der Waals surface area contributed by atoms with Crippen LogP contribution in [-0.4, -0.2) is 34.0 Å². The number of halogens is 1. The third-order valence-corrected chi connectivity index (χ3v) is 5.80. The highest BCUT2D eigenvalue weighted by atomic mass is 79.9. The summed E-state index contributed by atoms with van der Waals surface area (Å²) in [5, 5.41) is 3.01. The van der Waals surface area contributed by atoms with Crippen LogP contribution in [0.3, 0.4) is 0 Å². The minimum Gasteiger partial charge on any atom is -0.342 e. The Labute approximate surface area is 160 Å². The van der Waals surface area contributed by atoms with E-state index in [2.05, 4.69) is 26.2 Å². The molecule has 1 aromatic heterocycles. The number of urea groups is 1. The predicted molar refractivity (Wildman–Crippen MR) is 108 cm³/mol. The largest absolute Gasteiger partial charge is 0.342 e. The molecule has 1 fully saturated rings. The number of benzene rings is 2. The van der Waals surface area contributed by atoms with E-state index in [-0.39, 0.29) is 11.9 Å². The van der Waals surface area contributed by atoms with Crippen molar-refractivity contribution in [3.8, 4) is 0 Å². The first-order chi connectivity index (χ1) is 12.6. The molecule has 2 amide bonds. The molecule has 2 aromatic carbocycles. The number of anilines is 1. The molecule has 134 valence electrons. The molecule has 2 heterocycles. The van der Waals surface area contributed by atoms with Gasteiger partial charge in [-0.25, -0.2) is 9.78 Å². The van der Waals surface area contributed by atoms with Crippen LogP contribution in [0.2, 0.25) is 0 Å². The SMILES string of the molecule is Cc1cc(NC(=O)N2CCCC(c3nc4ccccc4[nH]3)C2)ccc1Br. The van der Waals surface area contributed by atoms with E-state index >= 15 is 0 Å². The van der Waals surface area contributed by atoms with Gasteiger partial charge in [0.25, 0.3) is 0 Å². The van der Waals surface area contributed by atoms with Crippen molar-refractivity contribution in [3.05, 3.63) is 58.3 Å². The van der Waals surface area contributed by atoms with E-state index in [9.17, 15) is 4.79 Å². The molecule has 2 N–H and O–H groups in total. The van der Waals surface area contributed by atoms with Gasteiger partial charge in [-0.1, -0.05) is 28.1 Å². The average molecular weight is 413 g/mol. The van der Waals surface area contributed by atoms with E-state index in [0.717, 1.165) is 52.0 Å². The molecule has 1 atom stereocenters. The maximum absolute atomic E-state index is 12.7. The lowest BCUT2D eigenvalue weighted by Crippen LogP contribution is -2.41. The Morgan fingerprint density at radius 3 is 2.96 bits per heavy atom. The number of nitrogens with one attached hydrogen (secondary N) is 2. The molecule has 5 nitrogen and oxygen atoms in total. The first-order valence-electron chi connectivity index (χ1n) is 8.87. The molecular weight excluding hydrogens is 392 g/mol. The Bertz CT molecular complexity index is 919. The van der Waals surface area contributed by atoms with Crippen molar-refractivity contribution in [3.63, 3.8) is 0 Å². The zero-order chi connectivity index (χ0) is 18.1. The van der Waals surface area contributed by atoms with E-state index in [1.165, 1.54) is 0 Å². The van der Waals surface area contributed by atoms with Crippen molar-refractivity contribution >= 4 is 38.7 Å². The number of para-hydroxylation sites is 2. The molecule has 4 rings (SSSR count). The summed E-state index contributed by atoms with van der Waals surface area (Å²) in [6.45, 7) is 3.47. The van der Waals surface area contributed by atoms with E-state index < -0.39 is 0 Å². The zero-order valence-electron chi connectivity index (χ0n) is 14.6. The lowest BCUT2D eigenvalue weighted by molar-refractivity contribution is 0.191. The third kappa shape index (κ3) is 3.46. The third-order valence-electron chi connectivity index (χ3n) is 4.91. The minimum atomic E-state index is -0.0486. The Kier molecular flexibility index (Phi) is 4.68. The molecule has 0 bridgehead atoms. The van der Waals surface area contributed by atoms with Crippen LogP contribution >= 0.6 is 15.9 Å². The van der Waals surface area contributed by atoms with E-state index in [1.54, 1.807) is 0 Å². The Morgan fingerprint density at radius 2 is 2.15 bits per heavy atom. The van der Waals surface area contributed by atoms with Crippen molar-refractivity contribution in [2.75, 3.05) is 18.4 Å². The molecule has 1 aliphatic heterocycles. The van der Waals surface area contributed by atoms with Gasteiger partial charge in [0.1, 0.15) is 5.82 Å². The topological polar surface area (TPSA) is 61.0 Å². The maximum atomic E-state index is 12.7. The standard InChI is InChI=1S/C20H21BrN4O/c1-13-11-15(8-9-16(13)21)22-20(26)25-10-4-5-14(12-25)19-23-17-6-2-3-7-18(17)24-19/h2-3,6-9,11,14H,4-5,10,12H2,1H3,(H,22,26)(H,23,24). The molecule has 3 aromatic rings. The highest BCUT2D eigenvalue weighted by molar-refractivity contribution is 9.10. The summed E-state index contributed by atoms with van der Waals surface area (Å²) in [5.41, 5.74) is 3.95. The van der Waals surface area contributed by atoms with Crippen molar-refractivity contribution < 1.29 is 4.79 Å². The number of carbonyl (C=O) groups excluding carboxylic acids is 1. The molecule has 0 aliphatic carbocycles. The number of carbonyl (C=O) groups is 1. The number of aromatic amines is 1. The fraction of sp³-hybridized carbons (Fsp3) is 0.300. The summed E-state index contributed by atoms with van der Waals surface area (Å²) in [4.78, 5) is 22.7. The Morgan fingerprint density at radius 1 is 1.31 bits per heavy atom. The average Bonchev–Trinajstić information content (AvgIpc) is 3.09. The van der Waals surface area contributed by atoms with E-state index in [0.29, 0.717) is 6.54 Å².